The fraction of sp³-hybridized carbons (Fsp3) is 0.105. The van der Waals surface area contributed by atoms with Gasteiger partial charge in [-0.1, -0.05) is 30.3 Å². The van der Waals surface area contributed by atoms with Crippen LogP contribution in [-0.4, -0.2) is 22.5 Å². The number of nitrogens with one attached hydrogen (secondary N) is 1. The van der Waals surface area contributed by atoms with Crippen molar-refractivity contribution >= 4 is 23.4 Å². The fourth-order valence-corrected chi connectivity index (χ4v) is 2.39. The SMILES string of the molecule is CCOC(=O)c1cnc(Nc2ccc(F)c(-c3ccccc3)c2)nc1N. The van der Waals surface area contributed by atoms with Crippen LogP contribution in [0.15, 0.2) is 54.7 Å². The number of ether oxygens (including phenoxy) is 1. The predicted molar refractivity (Wildman–Crippen MR) is 97.5 cm³/mol. The molecule has 3 aromatic rings. The van der Waals surface area contributed by atoms with Gasteiger partial charge in [0, 0.05) is 17.4 Å². The molecule has 0 unspecified atom stereocenters. The lowest BCUT2D eigenvalue weighted by Gasteiger charge is -2.10. The molecule has 7 heteroatoms. The lowest BCUT2D eigenvalue weighted by Crippen LogP contribution is -2.11. The van der Waals surface area contributed by atoms with E-state index >= 15 is 0 Å². The van der Waals surface area contributed by atoms with Crippen molar-refractivity contribution in [3.8, 4) is 11.1 Å². The molecular weight excluding hydrogens is 335 g/mol. The molecule has 0 spiro atoms. The molecule has 1 heterocycles. The summed E-state index contributed by atoms with van der Waals surface area (Å²) in [4.78, 5) is 19.9. The Kier molecular flexibility index (Phi) is 5.07. The van der Waals surface area contributed by atoms with E-state index in [9.17, 15) is 9.18 Å². The zero-order valence-corrected chi connectivity index (χ0v) is 14.1. The number of carbonyl (C=O) groups is 1. The van der Waals surface area contributed by atoms with Crippen LogP contribution in [0.4, 0.5) is 21.8 Å². The van der Waals surface area contributed by atoms with E-state index in [1.807, 2.05) is 30.3 Å². The summed E-state index contributed by atoms with van der Waals surface area (Å²) in [5, 5.41) is 2.96. The normalized spacial score (nSPS) is 10.4. The average Bonchev–Trinajstić information content (AvgIpc) is 2.64. The molecule has 0 aliphatic carbocycles. The van der Waals surface area contributed by atoms with Gasteiger partial charge in [0.1, 0.15) is 17.2 Å². The Morgan fingerprint density at radius 3 is 2.69 bits per heavy atom. The van der Waals surface area contributed by atoms with Crippen molar-refractivity contribution in [3.63, 3.8) is 0 Å². The minimum atomic E-state index is -0.579. The number of carbonyl (C=O) groups excluding carboxylic acids is 1. The van der Waals surface area contributed by atoms with Crippen LogP contribution in [0.2, 0.25) is 0 Å². The third kappa shape index (κ3) is 3.77. The van der Waals surface area contributed by atoms with Crippen LogP contribution in [0.25, 0.3) is 11.1 Å². The third-order valence-electron chi connectivity index (χ3n) is 3.62. The molecule has 26 heavy (non-hydrogen) atoms. The first kappa shape index (κ1) is 17.3. The van der Waals surface area contributed by atoms with E-state index in [4.69, 9.17) is 10.5 Å². The molecule has 0 saturated heterocycles. The molecule has 6 nitrogen and oxygen atoms in total. The standard InChI is InChI=1S/C19H17FN4O2/c1-2-26-18(25)15-11-22-19(24-17(15)21)23-13-8-9-16(20)14(10-13)12-6-4-3-5-7-12/h3-11H,2H2,1H3,(H3,21,22,23,24). The highest BCUT2D eigenvalue weighted by molar-refractivity contribution is 5.94. The molecule has 0 saturated carbocycles. The smallest absolute Gasteiger partial charge is 0.343 e. The van der Waals surface area contributed by atoms with Crippen LogP contribution in [0, 0.1) is 5.82 Å². The van der Waals surface area contributed by atoms with Crippen LogP contribution in [-0.2, 0) is 4.74 Å². The highest BCUT2D eigenvalue weighted by Crippen LogP contribution is 2.27. The summed E-state index contributed by atoms with van der Waals surface area (Å²) in [6.45, 7) is 1.93. The van der Waals surface area contributed by atoms with E-state index in [1.165, 1.54) is 12.3 Å². The number of halogens is 1. The first-order valence-electron chi connectivity index (χ1n) is 8.00. The van der Waals surface area contributed by atoms with Gasteiger partial charge in [-0.15, -0.1) is 0 Å². The number of nitrogen functional groups attached to an aromatic ring is 1. The molecule has 3 N–H and O–H groups in total. The van der Waals surface area contributed by atoms with Crippen LogP contribution >= 0.6 is 0 Å². The molecule has 1 aromatic heterocycles. The zero-order chi connectivity index (χ0) is 18.5. The molecule has 0 bridgehead atoms. The quantitative estimate of drug-likeness (QED) is 0.679. The molecule has 0 aliphatic rings. The van der Waals surface area contributed by atoms with E-state index in [0.29, 0.717) is 11.3 Å². The lowest BCUT2D eigenvalue weighted by molar-refractivity contribution is 0.0527. The number of nitrogens with two attached hydrogens (primary N) is 1. The van der Waals surface area contributed by atoms with Crippen molar-refractivity contribution in [2.45, 2.75) is 6.92 Å². The maximum atomic E-state index is 14.1. The summed E-state index contributed by atoms with van der Waals surface area (Å²) < 4.78 is 19.0. The molecule has 0 aliphatic heterocycles. The second-order valence-corrected chi connectivity index (χ2v) is 5.40. The Hall–Kier alpha value is -3.48. The second kappa shape index (κ2) is 7.60. The number of anilines is 3. The van der Waals surface area contributed by atoms with Crippen molar-refractivity contribution < 1.29 is 13.9 Å². The molecule has 3 rings (SSSR count). The zero-order valence-electron chi connectivity index (χ0n) is 14.1. The molecule has 0 atom stereocenters. The number of nitrogens with zero attached hydrogens (tertiary/aromatic N) is 2. The number of benzene rings is 2. The lowest BCUT2D eigenvalue weighted by atomic mass is 10.0. The number of aromatic nitrogens is 2. The maximum absolute atomic E-state index is 14.1. The van der Waals surface area contributed by atoms with Gasteiger partial charge < -0.3 is 15.8 Å². The van der Waals surface area contributed by atoms with Crippen molar-refractivity contribution in [2.75, 3.05) is 17.7 Å². The molecule has 2 aromatic carbocycles. The van der Waals surface area contributed by atoms with Crippen LogP contribution in [0.3, 0.4) is 0 Å². The van der Waals surface area contributed by atoms with E-state index < -0.39 is 5.97 Å². The van der Waals surface area contributed by atoms with Crippen LogP contribution in [0.5, 0.6) is 0 Å². The Bertz CT molecular complexity index is 932. The fourth-order valence-electron chi connectivity index (χ4n) is 2.39. The molecule has 0 amide bonds. The second-order valence-electron chi connectivity index (χ2n) is 5.40. The summed E-state index contributed by atoms with van der Waals surface area (Å²) in [6, 6.07) is 13.8. The minimum absolute atomic E-state index is 0.00587. The largest absolute Gasteiger partial charge is 0.462 e. The van der Waals surface area contributed by atoms with Crippen molar-refractivity contribution in [1.29, 1.82) is 0 Å². The summed E-state index contributed by atoms with van der Waals surface area (Å²) in [5.41, 5.74) is 7.70. The summed E-state index contributed by atoms with van der Waals surface area (Å²) in [5.74, 6) is -0.711. The van der Waals surface area contributed by atoms with E-state index in [1.54, 1.807) is 19.1 Å². The van der Waals surface area contributed by atoms with Gasteiger partial charge in [0.2, 0.25) is 5.95 Å². The van der Waals surface area contributed by atoms with E-state index in [2.05, 4.69) is 15.3 Å². The first-order chi connectivity index (χ1) is 12.6. The Labute approximate surface area is 149 Å². The van der Waals surface area contributed by atoms with Crippen LogP contribution < -0.4 is 11.1 Å². The summed E-state index contributed by atoms with van der Waals surface area (Å²) >= 11 is 0. The van der Waals surface area contributed by atoms with Crippen molar-refractivity contribution in [1.82, 2.24) is 9.97 Å². The highest BCUT2D eigenvalue weighted by Gasteiger charge is 2.14. The van der Waals surface area contributed by atoms with E-state index in [-0.39, 0.29) is 29.8 Å². The Balaban J connectivity index is 1.86. The van der Waals surface area contributed by atoms with Crippen LogP contribution in [0.1, 0.15) is 17.3 Å². The molecule has 0 radical (unpaired) electrons. The molecule has 132 valence electrons. The van der Waals surface area contributed by atoms with Gasteiger partial charge in [0.25, 0.3) is 0 Å². The predicted octanol–water partition coefficient (Wildman–Crippen LogP) is 3.79. The van der Waals surface area contributed by atoms with Gasteiger partial charge >= 0.3 is 5.97 Å². The maximum Gasteiger partial charge on any atom is 0.343 e. The number of hydrogen-bond acceptors (Lipinski definition) is 6. The highest BCUT2D eigenvalue weighted by atomic mass is 19.1. The summed E-state index contributed by atoms with van der Waals surface area (Å²) in [7, 11) is 0. The molecule has 0 fully saturated rings. The van der Waals surface area contributed by atoms with Gasteiger partial charge in [-0.2, -0.15) is 4.98 Å². The number of esters is 1. The van der Waals surface area contributed by atoms with Gasteiger partial charge in [-0.25, -0.2) is 14.2 Å². The van der Waals surface area contributed by atoms with Gasteiger partial charge in [-0.05, 0) is 30.7 Å². The Morgan fingerprint density at radius 2 is 2.00 bits per heavy atom. The van der Waals surface area contributed by atoms with Gasteiger partial charge in [0.05, 0.1) is 6.61 Å². The number of rotatable bonds is 5. The topological polar surface area (TPSA) is 90.1 Å². The minimum Gasteiger partial charge on any atom is -0.462 e. The summed E-state index contributed by atoms with van der Waals surface area (Å²) in [6.07, 6.45) is 1.30. The van der Waals surface area contributed by atoms with Gasteiger partial charge in [0.15, 0.2) is 0 Å². The monoisotopic (exact) mass is 352 g/mol. The van der Waals surface area contributed by atoms with Crippen molar-refractivity contribution in [3.05, 3.63) is 66.1 Å². The third-order valence-corrected chi connectivity index (χ3v) is 3.62. The Morgan fingerprint density at radius 1 is 1.23 bits per heavy atom. The number of hydrogen-bond donors (Lipinski definition) is 2. The average molecular weight is 352 g/mol. The molecular formula is C19H17FN4O2. The van der Waals surface area contributed by atoms with Gasteiger partial charge in [-0.3, -0.25) is 0 Å². The van der Waals surface area contributed by atoms with Crippen molar-refractivity contribution in [2.24, 2.45) is 0 Å². The first-order valence-corrected chi connectivity index (χ1v) is 8.00. The van der Waals surface area contributed by atoms with E-state index in [0.717, 1.165) is 5.56 Å².